The third-order valence-electron chi connectivity index (χ3n) is 7.76. The van der Waals surface area contributed by atoms with Crippen LogP contribution in [0.3, 0.4) is 0 Å². The lowest BCUT2D eigenvalue weighted by Gasteiger charge is -2.26. The number of aliphatic carboxylic acids is 1. The van der Waals surface area contributed by atoms with Gasteiger partial charge >= 0.3 is 5.97 Å². The normalized spacial score (nSPS) is 22.0. The minimum atomic E-state index is -0.802. The summed E-state index contributed by atoms with van der Waals surface area (Å²) < 4.78 is 12.1. The summed E-state index contributed by atoms with van der Waals surface area (Å²) in [5, 5.41) is 21.4. The van der Waals surface area contributed by atoms with Crippen molar-refractivity contribution in [2.75, 3.05) is 6.54 Å². The highest BCUT2D eigenvalue weighted by molar-refractivity contribution is 5.91. The van der Waals surface area contributed by atoms with Crippen LogP contribution < -0.4 is 5.32 Å². The minimum Gasteiger partial charge on any atom is -0.508 e. The summed E-state index contributed by atoms with van der Waals surface area (Å²) in [4.78, 5) is 28.4. The predicted octanol–water partition coefficient (Wildman–Crippen LogP) is 4.65. The van der Waals surface area contributed by atoms with E-state index in [1.165, 1.54) is 6.26 Å². The van der Waals surface area contributed by atoms with Gasteiger partial charge in [-0.15, -0.1) is 0 Å². The van der Waals surface area contributed by atoms with E-state index in [1.807, 2.05) is 30.3 Å². The molecule has 3 heterocycles. The average molecular weight is 519 g/mol. The number of phenolic OH excluding ortho intramolecular Hbond substituents is 1. The number of amides is 1. The van der Waals surface area contributed by atoms with Gasteiger partial charge in [0.15, 0.2) is 5.69 Å². The van der Waals surface area contributed by atoms with Crippen LogP contribution in [0.25, 0.3) is 0 Å². The molecule has 2 aliphatic heterocycles. The zero-order valence-corrected chi connectivity index (χ0v) is 21.3. The average Bonchev–Trinajstić information content (AvgIpc) is 3.66. The van der Waals surface area contributed by atoms with E-state index in [0.717, 1.165) is 55.2 Å². The van der Waals surface area contributed by atoms with Gasteiger partial charge in [0.25, 0.3) is 5.91 Å². The van der Waals surface area contributed by atoms with Crippen molar-refractivity contribution in [2.45, 2.75) is 69.5 Å². The van der Waals surface area contributed by atoms with Gasteiger partial charge in [-0.05, 0) is 73.8 Å². The van der Waals surface area contributed by atoms with Crippen molar-refractivity contribution >= 4 is 11.9 Å². The number of oxazole rings is 1. The third kappa shape index (κ3) is 6.07. The Kier molecular flexibility index (Phi) is 8.08. The quantitative estimate of drug-likeness (QED) is 0.298. The number of hydrogen-bond donors (Lipinski definition) is 3. The lowest BCUT2D eigenvalue weighted by atomic mass is 9.75. The van der Waals surface area contributed by atoms with Gasteiger partial charge in [-0.1, -0.05) is 36.4 Å². The van der Waals surface area contributed by atoms with Gasteiger partial charge in [0.2, 0.25) is 5.89 Å². The Morgan fingerprint density at radius 3 is 2.53 bits per heavy atom. The summed E-state index contributed by atoms with van der Waals surface area (Å²) in [5.41, 5.74) is 3.62. The number of carboxylic acids is 1. The highest BCUT2D eigenvalue weighted by Crippen LogP contribution is 2.50. The Labute approximate surface area is 222 Å². The lowest BCUT2D eigenvalue weighted by Crippen LogP contribution is -2.28. The molecule has 1 aromatic heterocycles. The molecule has 200 valence electrons. The van der Waals surface area contributed by atoms with Gasteiger partial charge in [-0.25, -0.2) is 4.98 Å². The van der Waals surface area contributed by atoms with Crippen molar-refractivity contribution in [3.63, 3.8) is 0 Å². The Morgan fingerprint density at radius 1 is 0.974 bits per heavy atom. The number of carboxylic acid groups (broad SMARTS) is 1. The molecular weight excluding hydrogens is 484 g/mol. The first kappa shape index (κ1) is 26.0. The number of ether oxygens (including phenoxy) is 1. The molecular formula is C30H34N2O6. The summed E-state index contributed by atoms with van der Waals surface area (Å²) in [6.45, 7) is 0.548. The van der Waals surface area contributed by atoms with Crippen LogP contribution in [0.2, 0.25) is 0 Å². The number of nitrogens with zero attached hydrogens (tertiary/aromatic N) is 1. The molecule has 0 unspecified atom stereocenters. The van der Waals surface area contributed by atoms with Crippen molar-refractivity contribution in [1.82, 2.24) is 10.3 Å². The highest BCUT2D eigenvalue weighted by Gasteiger charge is 2.51. The molecule has 2 saturated heterocycles. The van der Waals surface area contributed by atoms with Crippen molar-refractivity contribution in [1.29, 1.82) is 0 Å². The van der Waals surface area contributed by atoms with E-state index < -0.39 is 5.97 Å². The molecule has 0 aliphatic carbocycles. The Bertz CT molecular complexity index is 1250. The maximum atomic E-state index is 12.7. The molecule has 2 bridgehead atoms. The number of carbonyl (C=O) groups excluding carboxylic acids is 1. The number of aryl methyl sites for hydroxylation is 2. The molecule has 8 heteroatoms. The van der Waals surface area contributed by atoms with E-state index in [0.29, 0.717) is 18.9 Å². The molecule has 3 N–H and O–H groups in total. The van der Waals surface area contributed by atoms with Crippen LogP contribution >= 0.6 is 0 Å². The molecule has 3 aromatic rings. The first-order chi connectivity index (χ1) is 18.5. The fourth-order valence-corrected chi connectivity index (χ4v) is 5.83. The molecule has 1 amide bonds. The topological polar surface area (TPSA) is 122 Å². The zero-order valence-electron chi connectivity index (χ0n) is 21.3. The number of nitrogens with one attached hydrogen (secondary N) is 1. The number of unbranched alkanes of at least 4 members (excludes halogenated alkanes) is 1. The molecule has 0 saturated carbocycles. The summed E-state index contributed by atoms with van der Waals surface area (Å²) in [6, 6.07) is 15.2. The maximum absolute atomic E-state index is 12.7. The van der Waals surface area contributed by atoms with Gasteiger partial charge in [0, 0.05) is 18.9 Å². The Morgan fingerprint density at radius 2 is 1.74 bits per heavy atom. The number of rotatable bonds is 12. The van der Waals surface area contributed by atoms with E-state index >= 15 is 0 Å². The smallest absolute Gasteiger partial charge is 0.303 e. The van der Waals surface area contributed by atoms with Crippen LogP contribution in [-0.4, -0.2) is 45.8 Å². The van der Waals surface area contributed by atoms with E-state index in [1.54, 1.807) is 12.1 Å². The van der Waals surface area contributed by atoms with Gasteiger partial charge in [0.05, 0.1) is 18.1 Å². The monoisotopic (exact) mass is 518 g/mol. The highest BCUT2D eigenvalue weighted by atomic mass is 16.5. The fourth-order valence-electron chi connectivity index (χ4n) is 5.83. The molecule has 2 aromatic carbocycles. The lowest BCUT2D eigenvalue weighted by molar-refractivity contribution is -0.136. The van der Waals surface area contributed by atoms with Crippen LogP contribution in [0.5, 0.6) is 5.75 Å². The molecule has 38 heavy (non-hydrogen) atoms. The molecule has 8 nitrogen and oxygen atoms in total. The second-order valence-corrected chi connectivity index (χ2v) is 10.3. The molecule has 2 aliphatic rings. The summed E-state index contributed by atoms with van der Waals surface area (Å²) >= 11 is 0. The number of carbonyl (C=O) groups is 2. The third-order valence-corrected chi connectivity index (χ3v) is 7.76. The van der Waals surface area contributed by atoms with Crippen molar-refractivity contribution in [3.8, 4) is 5.75 Å². The second kappa shape index (κ2) is 11.8. The molecule has 2 fully saturated rings. The standard InChI is InChI=1S/C30H34N2O6/c33-22-11-8-19(9-12-22)5-3-4-16-31-29(36)24-18-37-30(32-24)28-23(25-13-14-26(28)38-25)17-21-7-2-1-6-20(21)10-15-27(34)35/h1-2,6-9,11-12,18,23,25-26,28,33H,3-5,10,13-17H2,(H,31,36)(H,34,35)/t23-,25-,26+,28-/m0/s1. The number of aromatic hydroxyl groups is 1. The fraction of sp³-hybridized carbons (Fsp3) is 0.433. The number of aromatic nitrogens is 1. The van der Waals surface area contributed by atoms with Crippen LogP contribution in [0, 0.1) is 5.92 Å². The van der Waals surface area contributed by atoms with Crippen molar-refractivity contribution in [3.05, 3.63) is 83.1 Å². The SMILES string of the molecule is O=C(O)CCc1ccccc1C[C@@H]1[C@H](c2nc(C(=O)NCCCCc3ccc(O)cc3)co2)[C@H]2CC[C@@H]1O2. The van der Waals surface area contributed by atoms with Crippen LogP contribution in [0.15, 0.2) is 59.2 Å². The van der Waals surface area contributed by atoms with Crippen LogP contribution in [0.4, 0.5) is 0 Å². The zero-order chi connectivity index (χ0) is 26.5. The predicted molar refractivity (Wildman–Crippen MR) is 140 cm³/mol. The number of benzene rings is 2. The van der Waals surface area contributed by atoms with E-state index in [9.17, 15) is 14.7 Å². The maximum Gasteiger partial charge on any atom is 0.303 e. The summed E-state index contributed by atoms with van der Waals surface area (Å²) in [7, 11) is 0. The van der Waals surface area contributed by atoms with Crippen LogP contribution in [0.1, 0.15) is 71.1 Å². The number of hydrogen-bond acceptors (Lipinski definition) is 6. The summed E-state index contributed by atoms with van der Waals surface area (Å²) in [5.74, 6) is -0.116. The molecule has 5 rings (SSSR count). The minimum absolute atomic E-state index is 0.0191. The molecule has 4 atom stereocenters. The first-order valence-corrected chi connectivity index (χ1v) is 13.4. The number of fused-ring (bicyclic) bond motifs is 2. The van der Waals surface area contributed by atoms with Gasteiger partial charge in [-0.3, -0.25) is 9.59 Å². The summed E-state index contributed by atoms with van der Waals surface area (Å²) in [6.07, 6.45) is 7.49. The number of phenols is 1. The van der Waals surface area contributed by atoms with Crippen LogP contribution in [-0.2, 0) is 28.8 Å². The molecule has 0 spiro atoms. The van der Waals surface area contributed by atoms with E-state index in [4.69, 9.17) is 14.3 Å². The second-order valence-electron chi connectivity index (χ2n) is 10.3. The van der Waals surface area contributed by atoms with Gasteiger partial charge in [-0.2, -0.15) is 0 Å². The van der Waals surface area contributed by atoms with Gasteiger partial charge < -0.3 is 24.7 Å². The van der Waals surface area contributed by atoms with E-state index in [-0.39, 0.29) is 47.8 Å². The van der Waals surface area contributed by atoms with Gasteiger partial charge in [0.1, 0.15) is 12.0 Å². The largest absolute Gasteiger partial charge is 0.508 e. The first-order valence-electron chi connectivity index (χ1n) is 13.4. The van der Waals surface area contributed by atoms with E-state index in [2.05, 4.69) is 16.4 Å². The van der Waals surface area contributed by atoms with Crippen molar-refractivity contribution in [2.24, 2.45) is 5.92 Å². The Balaban J connectivity index is 1.18. The molecule has 0 radical (unpaired) electrons. The Hall–Kier alpha value is -3.65. The van der Waals surface area contributed by atoms with Crippen molar-refractivity contribution < 1.29 is 29.0 Å².